The lowest BCUT2D eigenvalue weighted by Crippen LogP contribution is -2.17. The van der Waals surface area contributed by atoms with Crippen LogP contribution in [0.4, 0.5) is 0 Å². The van der Waals surface area contributed by atoms with Gasteiger partial charge in [0, 0.05) is 5.56 Å². The second kappa shape index (κ2) is 9.75. The zero-order valence-electron chi connectivity index (χ0n) is 16.0. The Hall–Kier alpha value is -1.84. The molecule has 3 nitrogen and oxygen atoms in total. The first-order chi connectivity index (χ1) is 12.4. The van der Waals surface area contributed by atoms with E-state index in [9.17, 15) is 15.3 Å². The Morgan fingerprint density at radius 3 is 2.12 bits per heavy atom. The van der Waals surface area contributed by atoms with Gasteiger partial charge in [-0.25, -0.2) is 0 Å². The Labute approximate surface area is 157 Å². The van der Waals surface area contributed by atoms with Crippen molar-refractivity contribution < 1.29 is 15.3 Å². The van der Waals surface area contributed by atoms with Crippen molar-refractivity contribution >= 4 is 0 Å². The lowest BCUT2D eigenvalue weighted by atomic mass is 9.97. The summed E-state index contributed by atoms with van der Waals surface area (Å²) in [6.07, 6.45) is 7.13. The third kappa shape index (κ3) is 7.19. The number of hydrogen-bond donors (Lipinski definition) is 3. The molecule has 0 bridgehead atoms. The molecule has 3 heteroatoms. The van der Waals surface area contributed by atoms with Crippen molar-refractivity contribution in [3.8, 4) is 5.75 Å². The number of aliphatic hydroxyl groups excluding tert-OH is 1. The van der Waals surface area contributed by atoms with Gasteiger partial charge in [0.15, 0.2) is 0 Å². The number of hydrogen-bond acceptors (Lipinski definition) is 3. The molecule has 0 saturated heterocycles. The third-order valence-corrected chi connectivity index (χ3v) is 4.76. The fourth-order valence-electron chi connectivity index (χ4n) is 3.21. The molecule has 26 heavy (non-hydrogen) atoms. The van der Waals surface area contributed by atoms with Gasteiger partial charge in [0.25, 0.3) is 0 Å². The highest BCUT2D eigenvalue weighted by atomic mass is 16.3. The lowest BCUT2D eigenvalue weighted by Gasteiger charge is -2.16. The monoisotopic (exact) mass is 356 g/mol. The molecule has 0 amide bonds. The van der Waals surface area contributed by atoms with Crippen molar-refractivity contribution in [3.05, 3.63) is 64.7 Å². The highest BCUT2D eigenvalue weighted by Gasteiger charge is 2.11. The maximum Gasteiger partial charge on any atom is 0.121 e. The summed E-state index contributed by atoms with van der Waals surface area (Å²) in [5, 5.41) is 28.6. The smallest absolute Gasteiger partial charge is 0.121 e. The van der Waals surface area contributed by atoms with Gasteiger partial charge in [-0.15, -0.1) is 0 Å². The summed E-state index contributed by atoms with van der Waals surface area (Å²) in [6, 6.07) is 14.2. The van der Waals surface area contributed by atoms with Crippen LogP contribution in [0.15, 0.2) is 42.5 Å². The average molecular weight is 357 g/mol. The molecular formula is C23H32O3. The Bertz CT molecular complexity index is 686. The van der Waals surface area contributed by atoms with Crippen LogP contribution >= 0.6 is 0 Å². The van der Waals surface area contributed by atoms with Crippen LogP contribution in [0.25, 0.3) is 0 Å². The van der Waals surface area contributed by atoms with Gasteiger partial charge in [-0.1, -0.05) is 43.2 Å². The van der Waals surface area contributed by atoms with Crippen molar-refractivity contribution in [2.45, 2.75) is 71.0 Å². The third-order valence-electron chi connectivity index (χ3n) is 4.76. The first-order valence-corrected chi connectivity index (χ1v) is 9.59. The molecule has 0 heterocycles. The molecular weight excluding hydrogens is 324 g/mol. The Kier molecular flexibility index (Phi) is 7.67. The summed E-state index contributed by atoms with van der Waals surface area (Å²) >= 11 is 0. The fourth-order valence-corrected chi connectivity index (χ4v) is 3.21. The van der Waals surface area contributed by atoms with E-state index in [1.807, 2.05) is 26.0 Å². The van der Waals surface area contributed by atoms with Crippen molar-refractivity contribution in [2.24, 2.45) is 0 Å². The molecule has 0 fully saturated rings. The molecule has 0 saturated carbocycles. The zero-order valence-corrected chi connectivity index (χ0v) is 16.0. The van der Waals surface area contributed by atoms with E-state index in [1.165, 1.54) is 11.1 Å². The molecule has 2 aromatic carbocycles. The SMILES string of the molecule is CC(C)(O)CCCCCc1cccc(CCc2ccc(O)c(CO)c2)c1. The molecule has 2 aromatic rings. The summed E-state index contributed by atoms with van der Waals surface area (Å²) in [7, 11) is 0. The minimum atomic E-state index is -0.552. The summed E-state index contributed by atoms with van der Waals surface area (Å²) < 4.78 is 0. The molecule has 142 valence electrons. The molecule has 0 aliphatic rings. The minimum Gasteiger partial charge on any atom is -0.508 e. The van der Waals surface area contributed by atoms with Crippen molar-refractivity contribution in [2.75, 3.05) is 0 Å². The predicted octanol–water partition coefficient (Wildman–Crippen LogP) is 4.54. The van der Waals surface area contributed by atoms with Gasteiger partial charge in [-0.3, -0.25) is 0 Å². The maximum absolute atomic E-state index is 9.74. The van der Waals surface area contributed by atoms with Crippen molar-refractivity contribution in [1.29, 1.82) is 0 Å². The van der Waals surface area contributed by atoms with E-state index in [0.29, 0.717) is 5.56 Å². The number of phenols is 1. The molecule has 2 rings (SSSR count). The standard InChI is InChI=1S/C23H32O3/c1-23(2,26)14-5-3-4-7-18-8-6-9-19(15-18)10-11-20-12-13-22(25)21(16-20)17-24/h6,8-9,12-13,15-16,24-26H,3-5,7,10-11,14,17H2,1-2H3. The molecule has 3 N–H and O–H groups in total. The van der Waals surface area contributed by atoms with Gasteiger partial charge >= 0.3 is 0 Å². The first kappa shape index (κ1) is 20.5. The molecule has 0 aromatic heterocycles. The predicted molar refractivity (Wildman–Crippen MR) is 106 cm³/mol. The van der Waals surface area contributed by atoms with Gasteiger partial charge in [0.1, 0.15) is 5.75 Å². The van der Waals surface area contributed by atoms with Crippen LogP contribution < -0.4 is 0 Å². The van der Waals surface area contributed by atoms with E-state index in [0.717, 1.165) is 50.5 Å². The van der Waals surface area contributed by atoms with Crippen LogP contribution in [0.1, 0.15) is 61.8 Å². The summed E-state index contributed by atoms with van der Waals surface area (Å²) in [5.41, 5.74) is 3.85. The van der Waals surface area contributed by atoms with E-state index in [1.54, 1.807) is 6.07 Å². The number of rotatable bonds is 10. The van der Waals surface area contributed by atoms with E-state index in [4.69, 9.17) is 0 Å². The number of aromatic hydroxyl groups is 1. The second-order valence-corrected chi connectivity index (χ2v) is 7.81. The second-order valence-electron chi connectivity index (χ2n) is 7.81. The van der Waals surface area contributed by atoms with Crippen LogP contribution in [0.5, 0.6) is 5.75 Å². The van der Waals surface area contributed by atoms with Crippen LogP contribution in [0, 0.1) is 0 Å². The number of aryl methyl sites for hydroxylation is 3. The number of aliphatic hydroxyl groups is 2. The van der Waals surface area contributed by atoms with E-state index < -0.39 is 5.60 Å². The molecule has 0 unspecified atom stereocenters. The maximum atomic E-state index is 9.74. The summed E-state index contributed by atoms with van der Waals surface area (Å²) in [4.78, 5) is 0. The first-order valence-electron chi connectivity index (χ1n) is 9.59. The van der Waals surface area contributed by atoms with E-state index in [-0.39, 0.29) is 12.4 Å². The quantitative estimate of drug-likeness (QED) is 0.548. The highest BCUT2D eigenvalue weighted by Crippen LogP contribution is 2.20. The van der Waals surface area contributed by atoms with Crippen molar-refractivity contribution in [3.63, 3.8) is 0 Å². The Morgan fingerprint density at radius 1 is 0.808 bits per heavy atom. The lowest BCUT2D eigenvalue weighted by molar-refractivity contribution is 0.0681. The topological polar surface area (TPSA) is 60.7 Å². The molecule has 0 aliphatic carbocycles. The van der Waals surface area contributed by atoms with E-state index >= 15 is 0 Å². The van der Waals surface area contributed by atoms with E-state index in [2.05, 4.69) is 24.3 Å². The van der Waals surface area contributed by atoms with Gasteiger partial charge in [0.2, 0.25) is 0 Å². The largest absolute Gasteiger partial charge is 0.508 e. The molecule has 0 radical (unpaired) electrons. The van der Waals surface area contributed by atoms with Crippen LogP contribution in [0.3, 0.4) is 0 Å². The van der Waals surface area contributed by atoms with Gasteiger partial charge < -0.3 is 15.3 Å². The summed E-state index contributed by atoms with van der Waals surface area (Å²) in [5.74, 6) is 0.155. The molecule has 0 atom stereocenters. The number of benzene rings is 2. The highest BCUT2D eigenvalue weighted by molar-refractivity contribution is 5.36. The van der Waals surface area contributed by atoms with Gasteiger partial charge in [-0.05, 0) is 74.8 Å². The van der Waals surface area contributed by atoms with Crippen LogP contribution in [-0.4, -0.2) is 20.9 Å². The average Bonchev–Trinajstić information content (AvgIpc) is 2.60. The van der Waals surface area contributed by atoms with Crippen LogP contribution in [0.2, 0.25) is 0 Å². The minimum absolute atomic E-state index is 0.136. The van der Waals surface area contributed by atoms with Crippen LogP contribution in [-0.2, 0) is 25.9 Å². The molecule has 0 aliphatic heterocycles. The molecule has 0 spiro atoms. The normalized spacial score (nSPS) is 11.7. The Balaban J connectivity index is 1.81. The summed E-state index contributed by atoms with van der Waals surface area (Å²) in [6.45, 7) is 3.60. The Morgan fingerprint density at radius 2 is 1.46 bits per heavy atom. The zero-order chi connectivity index (χ0) is 19.0. The fraction of sp³-hybridized carbons (Fsp3) is 0.478. The van der Waals surface area contributed by atoms with Crippen molar-refractivity contribution in [1.82, 2.24) is 0 Å². The van der Waals surface area contributed by atoms with Gasteiger partial charge in [-0.2, -0.15) is 0 Å². The van der Waals surface area contributed by atoms with Gasteiger partial charge in [0.05, 0.1) is 12.2 Å². The number of unbranched alkanes of at least 4 members (excludes halogenated alkanes) is 2.